The van der Waals surface area contributed by atoms with Crippen LogP contribution in [0.5, 0.6) is 0 Å². The van der Waals surface area contributed by atoms with E-state index in [-0.39, 0.29) is 6.03 Å². The SMILES string of the molecule is O=C(Nc1cccc(-c2ncco2)c1)N1CCn2nc(C3CC3)cc2C1. The molecule has 3 heterocycles. The number of amides is 2. The van der Waals surface area contributed by atoms with Crippen molar-refractivity contribution in [2.45, 2.75) is 31.8 Å². The van der Waals surface area contributed by atoms with Crippen molar-refractivity contribution < 1.29 is 9.21 Å². The summed E-state index contributed by atoms with van der Waals surface area (Å²) < 4.78 is 7.36. The predicted octanol–water partition coefficient (Wildman–Crippen LogP) is 3.46. The van der Waals surface area contributed by atoms with Gasteiger partial charge in [-0.3, -0.25) is 4.68 Å². The molecule has 0 saturated heterocycles. The van der Waals surface area contributed by atoms with E-state index < -0.39 is 0 Å². The molecule has 2 amide bonds. The third-order valence-corrected chi connectivity index (χ3v) is 4.89. The number of nitrogens with zero attached hydrogens (tertiary/aromatic N) is 4. The highest BCUT2D eigenvalue weighted by Gasteiger charge is 2.29. The number of aromatic nitrogens is 3. The number of carbonyl (C=O) groups is 1. The number of anilines is 1. The van der Waals surface area contributed by atoms with Crippen LogP contribution < -0.4 is 5.32 Å². The molecule has 0 atom stereocenters. The van der Waals surface area contributed by atoms with Crippen LogP contribution in [0, 0.1) is 0 Å². The Bertz CT molecular complexity index is 943. The third kappa shape index (κ3) is 2.85. The van der Waals surface area contributed by atoms with E-state index in [1.807, 2.05) is 33.8 Å². The number of hydrogen-bond donors (Lipinski definition) is 1. The Balaban J connectivity index is 1.29. The lowest BCUT2D eigenvalue weighted by atomic mass is 10.2. The van der Waals surface area contributed by atoms with Gasteiger partial charge >= 0.3 is 6.03 Å². The first-order valence-electron chi connectivity index (χ1n) is 8.89. The molecule has 5 rings (SSSR count). The second-order valence-electron chi connectivity index (χ2n) is 6.83. The molecule has 2 aromatic heterocycles. The summed E-state index contributed by atoms with van der Waals surface area (Å²) in [5.41, 5.74) is 3.85. The maximum atomic E-state index is 12.7. The smallest absolute Gasteiger partial charge is 0.322 e. The molecular formula is C19H19N5O2. The van der Waals surface area contributed by atoms with Crippen LogP contribution >= 0.6 is 0 Å². The Morgan fingerprint density at radius 1 is 1.23 bits per heavy atom. The molecule has 26 heavy (non-hydrogen) atoms. The van der Waals surface area contributed by atoms with E-state index in [1.54, 1.807) is 6.20 Å². The van der Waals surface area contributed by atoms with Crippen molar-refractivity contribution in [3.8, 4) is 11.5 Å². The first-order valence-corrected chi connectivity index (χ1v) is 8.89. The van der Waals surface area contributed by atoms with E-state index in [0.717, 1.165) is 23.5 Å². The minimum absolute atomic E-state index is 0.102. The molecule has 1 aromatic carbocycles. The predicted molar refractivity (Wildman–Crippen MR) is 95.6 cm³/mol. The van der Waals surface area contributed by atoms with Crippen LogP contribution in [0.2, 0.25) is 0 Å². The summed E-state index contributed by atoms with van der Waals surface area (Å²) in [6.07, 6.45) is 5.61. The molecule has 1 saturated carbocycles. The highest BCUT2D eigenvalue weighted by Crippen LogP contribution is 2.39. The van der Waals surface area contributed by atoms with Gasteiger partial charge in [-0.2, -0.15) is 5.10 Å². The maximum Gasteiger partial charge on any atom is 0.322 e. The number of rotatable bonds is 3. The van der Waals surface area contributed by atoms with E-state index in [9.17, 15) is 4.79 Å². The topological polar surface area (TPSA) is 76.2 Å². The van der Waals surface area contributed by atoms with Crippen molar-refractivity contribution in [2.75, 3.05) is 11.9 Å². The molecule has 0 spiro atoms. The van der Waals surface area contributed by atoms with Crippen LogP contribution in [0.25, 0.3) is 11.5 Å². The summed E-state index contributed by atoms with van der Waals surface area (Å²) >= 11 is 0. The quantitative estimate of drug-likeness (QED) is 0.785. The molecule has 3 aromatic rings. The summed E-state index contributed by atoms with van der Waals surface area (Å²) in [4.78, 5) is 18.6. The molecule has 132 valence electrons. The van der Waals surface area contributed by atoms with Gasteiger partial charge in [0, 0.05) is 23.7 Å². The molecule has 7 heteroatoms. The Hall–Kier alpha value is -3.09. The summed E-state index contributed by atoms with van der Waals surface area (Å²) in [6.45, 7) is 1.99. The Morgan fingerprint density at radius 3 is 2.96 bits per heavy atom. The van der Waals surface area contributed by atoms with E-state index in [2.05, 4.69) is 21.5 Å². The number of carbonyl (C=O) groups excluding carboxylic acids is 1. The summed E-state index contributed by atoms with van der Waals surface area (Å²) in [5, 5.41) is 7.65. The number of oxazole rings is 1. The number of fused-ring (bicyclic) bond motifs is 1. The van der Waals surface area contributed by atoms with E-state index in [0.29, 0.717) is 24.9 Å². The van der Waals surface area contributed by atoms with Crippen molar-refractivity contribution in [1.82, 2.24) is 19.7 Å². The fourth-order valence-electron chi connectivity index (χ4n) is 3.34. The standard InChI is InChI=1S/C19H19N5O2/c25-19(21-15-3-1-2-14(10-15)18-20-6-9-26-18)23-7-8-24-16(12-23)11-17(22-24)13-4-5-13/h1-3,6,9-11,13H,4-5,7-8,12H2,(H,21,25). The summed E-state index contributed by atoms with van der Waals surface area (Å²) in [5.74, 6) is 1.17. The van der Waals surface area contributed by atoms with Gasteiger partial charge < -0.3 is 14.6 Å². The fraction of sp³-hybridized carbons (Fsp3) is 0.316. The lowest BCUT2D eigenvalue weighted by Gasteiger charge is -2.27. The van der Waals surface area contributed by atoms with Gasteiger partial charge in [-0.1, -0.05) is 6.07 Å². The van der Waals surface area contributed by atoms with Crippen molar-refractivity contribution in [3.63, 3.8) is 0 Å². The summed E-state index contributed by atoms with van der Waals surface area (Å²) in [6, 6.07) is 9.56. The number of benzene rings is 1. The zero-order valence-corrected chi connectivity index (χ0v) is 14.3. The average Bonchev–Trinajstić information content (AvgIpc) is 3.19. The van der Waals surface area contributed by atoms with Gasteiger partial charge in [-0.05, 0) is 37.1 Å². The van der Waals surface area contributed by atoms with Gasteiger partial charge in [0.1, 0.15) is 6.26 Å². The fourth-order valence-corrected chi connectivity index (χ4v) is 3.34. The zero-order chi connectivity index (χ0) is 17.5. The third-order valence-electron chi connectivity index (χ3n) is 4.89. The highest BCUT2D eigenvalue weighted by molar-refractivity contribution is 5.90. The summed E-state index contributed by atoms with van der Waals surface area (Å²) in [7, 11) is 0. The maximum absolute atomic E-state index is 12.7. The van der Waals surface area contributed by atoms with E-state index in [4.69, 9.17) is 4.42 Å². The molecular weight excluding hydrogens is 330 g/mol. The average molecular weight is 349 g/mol. The van der Waals surface area contributed by atoms with Crippen molar-refractivity contribution >= 4 is 11.7 Å². The molecule has 1 fully saturated rings. The number of hydrogen-bond acceptors (Lipinski definition) is 4. The van der Waals surface area contributed by atoms with Crippen molar-refractivity contribution in [1.29, 1.82) is 0 Å². The van der Waals surface area contributed by atoms with Gasteiger partial charge in [0.25, 0.3) is 0 Å². The monoisotopic (exact) mass is 349 g/mol. The number of nitrogens with one attached hydrogen (secondary N) is 1. The normalized spacial score (nSPS) is 16.4. The van der Waals surface area contributed by atoms with Crippen LogP contribution in [-0.2, 0) is 13.1 Å². The van der Waals surface area contributed by atoms with Gasteiger partial charge in [0.2, 0.25) is 5.89 Å². The minimum atomic E-state index is -0.102. The Labute approximate surface area is 150 Å². The lowest BCUT2D eigenvalue weighted by molar-refractivity contribution is 0.194. The lowest BCUT2D eigenvalue weighted by Crippen LogP contribution is -2.40. The molecule has 0 radical (unpaired) electrons. The van der Waals surface area contributed by atoms with Crippen LogP contribution in [0.4, 0.5) is 10.5 Å². The first kappa shape index (κ1) is 15.2. The minimum Gasteiger partial charge on any atom is -0.445 e. The Kier molecular flexibility index (Phi) is 3.51. The van der Waals surface area contributed by atoms with E-state index in [1.165, 1.54) is 24.8 Å². The Morgan fingerprint density at radius 2 is 2.15 bits per heavy atom. The molecule has 7 nitrogen and oxygen atoms in total. The van der Waals surface area contributed by atoms with Crippen LogP contribution in [0.1, 0.15) is 30.1 Å². The molecule has 1 aliphatic carbocycles. The van der Waals surface area contributed by atoms with Crippen molar-refractivity contribution in [2.24, 2.45) is 0 Å². The molecule has 0 unspecified atom stereocenters. The molecule has 1 N–H and O–H groups in total. The van der Waals surface area contributed by atoms with Gasteiger partial charge in [0.05, 0.1) is 30.7 Å². The molecule has 1 aliphatic heterocycles. The second kappa shape index (κ2) is 6.01. The van der Waals surface area contributed by atoms with E-state index >= 15 is 0 Å². The molecule has 0 bridgehead atoms. The largest absolute Gasteiger partial charge is 0.445 e. The van der Waals surface area contributed by atoms with Gasteiger partial charge in [0.15, 0.2) is 0 Å². The van der Waals surface area contributed by atoms with Crippen LogP contribution in [0.15, 0.2) is 47.2 Å². The van der Waals surface area contributed by atoms with Crippen molar-refractivity contribution in [3.05, 3.63) is 54.2 Å². The highest BCUT2D eigenvalue weighted by atomic mass is 16.3. The van der Waals surface area contributed by atoms with Gasteiger partial charge in [-0.25, -0.2) is 9.78 Å². The number of urea groups is 1. The molecule has 2 aliphatic rings. The van der Waals surface area contributed by atoms with Crippen LogP contribution in [0.3, 0.4) is 0 Å². The zero-order valence-electron chi connectivity index (χ0n) is 14.3. The van der Waals surface area contributed by atoms with Crippen LogP contribution in [-0.4, -0.2) is 32.2 Å². The first-order chi connectivity index (χ1) is 12.8. The van der Waals surface area contributed by atoms with Gasteiger partial charge in [-0.15, -0.1) is 0 Å². The second-order valence-corrected chi connectivity index (χ2v) is 6.83.